The summed E-state index contributed by atoms with van der Waals surface area (Å²) >= 11 is 1.74. The zero-order valence-electron chi connectivity index (χ0n) is 13.3. The molecule has 0 saturated carbocycles. The Hall–Kier alpha value is -1.23. The van der Waals surface area contributed by atoms with E-state index in [0.29, 0.717) is 6.61 Å². The molecule has 0 fully saturated rings. The van der Waals surface area contributed by atoms with Crippen molar-refractivity contribution in [2.45, 2.75) is 53.0 Å². The van der Waals surface area contributed by atoms with E-state index in [2.05, 4.69) is 55.3 Å². The minimum Gasteiger partial charge on any atom is -0.371 e. The largest absolute Gasteiger partial charge is 0.371 e. The van der Waals surface area contributed by atoms with Crippen molar-refractivity contribution < 1.29 is 4.74 Å². The number of rotatable bonds is 6. The van der Waals surface area contributed by atoms with Crippen LogP contribution in [0.5, 0.6) is 0 Å². The van der Waals surface area contributed by atoms with Crippen molar-refractivity contribution in [3.05, 3.63) is 51.5 Å². The molecule has 0 aliphatic rings. The summed E-state index contributed by atoms with van der Waals surface area (Å²) in [5, 5.41) is 4.58. The van der Waals surface area contributed by atoms with Gasteiger partial charge in [-0.1, -0.05) is 24.3 Å². The Morgan fingerprint density at radius 3 is 2.62 bits per heavy atom. The maximum atomic E-state index is 5.82. The number of hydrogen-bond acceptors (Lipinski definition) is 4. The van der Waals surface area contributed by atoms with E-state index >= 15 is 0 Å². The summed E-state index contributed by atoms with van der Waals surface area (Å²) in [5.74, 6) is 0. The molecule has 0 aliphatic carbocycles. The molecule has 0 spiro atoms. The van der Waals surface area contributed by atoms with Crippen LogP contribution in [0.3, 0.4) is 0 Å². The highest BCUT2D eigenvalue weighted by Gasteiger charge is 2.10. The van der Waals surface area contributed by atoms with E-state index in [9.17, 15) is 0 Å². The number of ether oxygens (including phenoxy) is 1. The molecule has 2 aromatic rings. The summed E-state index contributed by atoms with van der Waals surface area (Å²) in [5.41, 5.74) is 2.40. The Morgan fingerprint density at radius 2 is 1.95 bits per heavy atom. The van der Waals surface area contributed by atoms with Gasteiger partial charge in [-0.2, -0.15) is 0 Å². The highest BCUT2D eigenvalue weighted by atomic mass is 32.1. The van der Waals surface area contributed by atoms with Crippen molar-refractivity contribution in [3.63, 3.8) is 0 Å². The highest BCUT2D eigenvalue weighted by Crippen LogP contribution is 2.14. The van der Waals surface area contributed by atoms with Gasteiger partial charge < -0.3 is 10.1 Å². The van der Waals surface area contributed by atoms with Gasteiger partial charge in [-0.25, -0.2) is 4.98 Å². The molecule has 3 nitrogen and oxygen atoms in total. The summed E-state index contributed by atoms with van der Waals surface area (Å²) in [7, 11) is 0. The van der Waals surface area contributed by atoms with Crippen molar-refractivity contribution in [1.29, 1.82) is 0 Å². The summed E-state index contributed by atoms with van der Waals surface area (Å²) in [6.07, 6.45) is 1.95. The average molecular weight is 304 g/mol. The first-order valence-electron chi connectivity index (χ1n) is 7.26. The number of benzene rings is 1. The first kappa shape index (κ1) is 16.1. The second kappa shape index (κ2) is 7.16. The summed E-state index contributed by atoms with van der Waals surface area (Å²) in [6, 6.07) is 8.55. The molecule has 4 heteroatoms. The second-order valence-electron chi connectivity index (χ2n) is 6.17. The Labute approximate surface area is 131 Å². The predicted molar refractivity (Wildman–Crippen MR) is 88.4 cm³/mol. The number of aromatic nitrogens is 1. The second-order valence-corrected chi connectivity index (χ2v) is 7.49. The number of nitrogens with zero attached hydrogens (tertiary/aromatic N) is 1. The minimum absolute atomic E-state index is 0.0989. The lowest BCUT2D eigenvalue weighted by Gasteiger charge is -2.19. The smallest absolute Gasteiger partial charge is 0.0897 e. The van der Waals surface area contributed by atoms with E-state index in [1.165, 1.54) is 16.0 Å². The van der Waals surface area contributed by atoms with Crippen molar-refractivity contribution in [2.75, 3.05) is 0 Å². The van der Waals surface area contributed by atoms with Crippen molar-refractivity contribution in [1.82, 2.24) is 10.3 Å². The van der Waals surface area contributed by atoms with Gasteiger partial charge in [0.2, 0.25) is 0 Å². The molecular weight excluding hydrogens is 280 g/mol. The average Bonchev–Trinajstić information content (AvgIpc) is 2.82. The van der Waals surface area contributed by atoms with Gasteiger partial charge in [0, 0.05) is 24.2 Å². The zero-order chi connectivity index (χ0) is 15.3. The SMILES string of the molecule is Cc1ncc(CNCc2cccc(COC(C)(C)C)c2)s1. The quantitative estimate of drug-likeness (QED) is 0.874. The standard InChI is InChI=1S/C17H24N2OS/c1-13-19-11-16(21-13)10-18-9-14-6-5-7-15(8-14)12-20-17(2,3)4/h5-8,11,18H,9-10,12H2,1-4H3. The van der Waals surface area contributed by atoms with Crippen LogP contribution in [-0.4, -0.2) is 10.6 Å². The van der Waals surface area contributed by atoms with E-state index in [0.717, 1.165) is 18.1 Å². The Balaban J connectivity index is 1.83. The molecule has 114 valence electrons. The first-order chi connectivity index (χ1) is 9.92. The highest BCUT2D eigenvalue weighted by molar-refractivity contribution is 7.11. The maximum Gasteiger partial charge on any atom is 0.0897 e. The fraction of sp³-hybridized carbons (Fsp3) is 0.471. The van der Waals surface area contributed by atoms with Crippen LogP contribution >= 0.6 is 11.3 Å². The van der Waals surface area contributed by atoms with Gasteiger partial charge in [0.15, 0.2) is 0 Å². The maximum absolute atomic E-state index is 5.82. The molecule has 0 bridgehead atoms. The van der Waals surface area contributed by atoms with Crippen LogP contribution in [0, 0.1) is 6.92 Å². The van der Waals surface area contributed by atoms with Crippen LogP contribution in [0.4, 0.5) is 0 Å². The summed E-state index contributed by atoms with van der Waals surface area (Å²) in [4.78, 5) is 5.54. The number of thiazole rings is 1. The van der Waals surface area contributed by atoms with Gasteiger partial charge >= 0.3 is 0 Å². The third kappa shape index (κ3) is 5.96. The van der Waals surface area contributed by atoms with Gasteiger partial charge in [0.05, 0.1) is 17.2 Å². The topological polar surface area (TPSA) is 34.2 Å². The van der Waals surface area contributed by atoms with Crippen LogP contribution in [0.15, 0.2) is 30.5 Å². The fourth-order valence-corrected chi connectivity index (χ4v) is 2.71. The van der Waals surface area contributed by atoms with Gasteiger partial charge in [-0.3, -0.25) is 0 Å². The van der Waals surface area contributed by atoms with E-state index in [1.54, 1.807) is 11.3 Å². The minimum atomic E-state index is -0.0989. The van der Waals surface area contributed by atoms with Gasteiger partial charge in [0.1, 0.15) is 0 Å². The summed E-state index contributed by atoms with van der Waals surface area (Å²) < 4.78 is 5.82. The predicted octanol–water partition coefficient (Wildman–Crippen LogP) is 4.06. The molecule has 0 atom stereocenters. The van der Waals surface area contributed by atoms with Crippen LogP contribution in [0.1, 0.15) is 41.8 Å². The lowest BCUT2D eigenvalue weighted by molar-refractivity contribution is -0.0149. The molecule has 1 heterocycles. The molecule has 2 rings (SSSR count). The van der Waals surface area contributed by atoms with Crippen molar-refractivity contribution >= 4 is 11.3 Å². The third-order valence-corrected chi connectivity index (χ3v) is 3.87. The first-order valence-corrected chi connectivity index (χ1v) is 8.08. The Morgan fingerprint density at radius 1 is 1.19 bits per heavy atom. The van der Waals surface area contributed by atoms with Crippen LogP contribution < -0.4 is 5.32 Å². The van der Waals surface area contributed by atoms with Gasteiger partial charge in [-0.15, -0.1) is 11.3 Å². The molecule has 21 heavy (non-hydrogen) atoms. The molecule has 0 saturated heterocycles. The van der Waals surface area contributed by atoms with E-state index in [1.807, 2.05) is 13.1 Å². The van der Waals surface area contributed by atoms with Crippen molar-refractivity contribution in [3.8, 4) is 0 Å². The number of hydrogen-bond donors (Lipinski definition) is 1. The fourth-order valence-electron chi connectivity index (χ4n) is 1.95. The normalized spacial score (nSPS) is 11.8. The molecule has 0 amide bonds. The molecule has 1 aromatic carbocycles. The van der Waals surface area contributed by atoms with Gasteiger partial charge in [-0.05, 0) is 38.8 Å². The van der Waals surface area contributed by atoms with E-state index in [4.69, 9.17) is 4.74 Å². The van der Waals surface area contributed by atoms with E-state index < -0.39 is 0 Å². The number of aryl methyl sites for hydroxylation is 1. The van der Waals surface area contributed by atoms with Gasteiger partial charge in [0.25, 0.3) is 0 Å². The lowest BCUT2D eigenvalue weighted by Crippen LogP contribution is -2.18. The van der Waals surface area contributed by atoms with Crippen LogP contribution in [0.2, 0.25) is 0 Å². The molecule has 0 aliphatic heterocycles. The third-order valence-electron chi connectivity index (χ3n) is 2.96. The van der Waals surface area contributed by atoms with Crippen LogP contribution in [0.25, 0.3) is 0 Å². The number of nitrogens with one attached hydrogen (secondary N) is 1. The Kier molecular flexibility index (Phi) is 5.51. The lowest BCUT2D eigenvalue weighted by atomic mass is 10.1. The van der Waals surface area contributed by atoms with Crippen LogP contribution in [-0.2, 0) is 24.4 Å². The molecule has 1 aromatic heterocycles. The van der Waals surface area contributed by atoms with Crippen molar-refractivity contribution in [2.24, 2.45) is 0 Å². The zero-order valence-corrected chi connectivity index (χ0v) is 14.1. The monoisotopic (exact) mass is 304 g/mol. The summed E-state index contributed by atoms with van der Waals surface area (Å²) in [6.45, 7) is 10.7. The molecule has 0 radical (unpaired) electrons. The van der Waals surface area contributed by atoms with E-state index in [-0.39, 0.29) is 5.60 Å². The molecule has 1 N–H and O–H groups in total. The molecule has 0 unspecified atom stereocenters. The molecular formula is C17H24N2OS. The Bertz CT molecular complexity index is 572.